The summed E-state index contributed by atoms with van der Waals surface area (Å²) in [7, 11) is 0. The largest absolute Gasteiger partial charge is 0.325 e. The molecule has 28 heavy (non-hydrogen) atoms. The molecule has 0 saturated carbocycles. The van der Waals surface area contributed by atoms with Crippen molar-refractivity contribution in [1.82, 2.24) is 14.6 Å². The number of amides is 1. The van der Waals surface area contributed by atoms with Gasteiger partial charge in [0.1, 0.15) is 5.25 Å². The van der Waals surface area contributed by atoms with Crippen LogP contribution in [0.4, 0.5) is 5.69 Å². The third-order valence-corrected chi connectivity index (χ3v) is 5.90. The number of halogens is 1. The molecule has 0 aliphatic rings. The SMILES string of the molecule is Cc1ccc(NC(=O)[C@@H](Sc2nnc3ccccn23)c2ccccc2)cc1Cl. The normalized spacial score (nSPS) is 12.1. The quantitative estimate of drug-likeness (QED) is 0.463. The zero-order valence-corrected chi connectivity index (χ0v) is 16.6. The van der Waals surface area contributed by atoms with Crippen molar-refractivity contribution in [2.24, 2.45) is 0 Å². The van der Waals surface area contributed by atoms with Gasteiger partial charge in [-0.2, -0.15) is 0 Å². The fraction of sp³-hybridized carbons (Fsp3) is 0.0952. The Hall–Kier alpha value is -2.83. The van der Waals surface area contributed by atoms with Crippen LogP contribution in [-0.2, 0) is 4.79 Å². The Morgan fingerprint density at radius 2 is 1.86 bits per heavy atom. The minimum Gasteiger partial charge on any atom is -0.325 e. The summed E-state index contributed by atoms with van der Waals surface area (Å²) in [6.45, 7) is 1.92. The van der Waals surface area contributed by atoms with E-state index in [-0.39, 0.29) is 5.91 Å². The molecule has 0 aliphatic heterocycles. The summed E-state index contributed by atoms with van der Waals surface area (Å²) in [5.41, 5.74) is 3.25. The van der Waals surface area contributed by atoms with Crippen LogP contribution < -0.4 is 5.32 Å². The molecule has 0 unspecified atom stereocenters. The Labute approximate surface area is 171 Å². The molecule has 0 spiro atoms. The highest BCUT2D eigenvalue weighted by atomic mass is 35.5. The number of aromatic nitrogens is 3. The van der Waals surface area contributed by atoms with Gasteiger partial charge < -0.3 is 5.32 Å². The topological polar surface area (TPSA) is 59.3 Å². The predicted molar refractivity (Wildman–Crippen MR) is 113 cm³/mol. The number of benzene rings is 2. The van der Waals surface area contributed by atoms with E-state index in [1.165, 1.54) is 11.8 Å². The number of rotatable bonds is 5. The van der Waals surface area contributed by atoms with Crippen molar-refractivity contribution >= 4 is 40.6 Å². The fourth-order valence-corrected chi connectivity index (χ4v) is 3.99. The smallest absolute Gasteiger partial charge is 0.242 e. The van der Waals surface area contributed by atoms with Gasteiger partial charge in [-0.1, -0.05) is 65.8 Å². The second-order valence-electron chi connectivity index (χ2n) is 6.27. The zero-order chi connectivity index (χ0) is 19.5. The number of aryl methyl sites for hydroxylation is 1. The van der Waals surface area contributed by atoms with Gasteiger partial charge in [0, 0.05) is 16.9 Å². The predicted octanol–water partition coefficient (Wildman–Crippen LogP) is 5.16. The van der Waals surface area contributed by atoms with E-state index in [4.69, 9.17) is 11.6 Å². The lowest BCUT2D eigenvalue weighted by Gasteiger charge is -2.16. The van der Waals surface area contributed by atoms with Gasteiger partial charge in [-0.05, 0) is 42.3 Å². The van der Waals surface area contributed by atoms with Crippen molar-refractivity contribution in [3.8, 4) is 0 Å². The summed E-state index contributed by atoms with van der Waals surface area (Å²) in [4.78, 5) is 13.1. The molecular weight excluding hydrogens is 392 g/mol. The van der Waals surface area contributed by atoms with Crippen LogP contribution in [0.2, 0.25) is 5.02 Å². The van der Waals surface area contributed by atoms with Gasteiger partial charge in [-0.15, -0.1) is 10.2 Å². The van der Waals surface area contributed by atoms with Crippen molar-refractivity contribution in [3.63, 3.8) is 0 Å². The van der Waals surface area contributed by atoms with Gasteiger partial charge in [0.05, 0.1) is 0 Å². The first-order valence-corrected chi connectivity index (χ1v) is 9.96. The molecule has 2 aromatic carbocycles. The molecule has 0 aliphatic carbocycles. The Bertz CT molecular complexity index is 1130. The number of fused-ring (bicyclic) bond motifs is 1. The van der Waals surface area contributed by atoms with Crippen LogP contribution in [0.3, 0.4) is 0 Å². The van der Waals surface area contributed by atoms with Crippen LogP contribution in [0.5, 0.6) is 0 Å². The highest BCUT2D eigenvalue weighted by Gasteiger charge is 2.24. The maximum Gasteiger partial charge on any atom is 0.242 e. The monoisotopic (exact) mass is 408 g/mol. The number of carbonyl (C=O) groups is 1. The van der Waals surface area contributed by atoms with E-state index >= 15 is 0 Å². The van der Waals surface area contributed by atoms with Gasteiger partial charge in [0.15, 0.2) is 10.8 Å². The van der Waals surface area contributed by atoms with Gasteiger partial charge in [-0.3, -0.25) is 9.20 Å². The second kappa shape index (κ2) is 8.04. The maximum absolute atomic E-state index is 13.1. The lowest BCUT2D eigenvalue weighted by molar-refractivity contribution is -0.115. The number of hydrogen-bond acceptors (Lipinski definition) is 4. The van der Waals surface area contributed by atoms with Crippen molar-refractivity contribution in [1.29, 1.82) is 0 Å². The van der Waals surface area contributed by atoms with E-state index in [1.807, 2.05) is 78.2 Å². The second-order valence-corrected chi connectivity index (χ2v) is 7.75. The third kappa shape index (κ3) is 3.88. The lowest BCUT2D eigenvalue weighted by atomic mass is 10.1. The lowest BCUT2D eigenvalue weighted by Crippen LogP contribution is -2.19. The molecule has 0 bridgehead atoms. The molecule has 1 atom stereocenters. The molecule has 140 valence electrons. The van der Waals surface area contributed by atoms with E-state index in [0.717, 1.165) is 16.8 Å². The molecule has 5 nitrogen and oxygen atoms in total. The summed E-state index contributed by atoms with van der Waals surface area (Å²) in [6.07, 6.45) is 1.89. The van der Waals surface area contributed by atoms with Crippen molar-refractivity contribution < 1.29 is 4.79 Å². The first kappa shape index (κ1) is 18.5. The average molecular weight is 409 g/mol. The molecule has 0 fully saturated rings. The fourth-order valence-electron chi connectivity index (χ4n) is 2.78. The van der Waals surface area contributed by atoms with Crippen molar-refractivity contribution in [3.05, 3.63) is 89.1 Å². The number of hydrogen-bond donors (Lipinski definition) is 1. The molecule has 2 aromatic heterocycles. The van der Waals surface area contributed by atoms with Gasteiger partial charge >= 0.3 is 0 Å². The minimum absolute atomic E-state index is 0.149. The van der Waals surface area contributed by atoms with Crippen molar-refractivity contribution in [2.75, 3.05) is 5.32 Å². The Morgan fingerprint density at radius 1 is 1.07 bits per heavy atom. The summed E-state index contributed by atoms with van der Waals surface area (Å²) >= 11 is 7.55. The Balaban J connectivity index is 1.65. The molecule has 7 heteroatoms. The Kier molecular flexibility index (Phi) is 5.32. The van der Waals surface area contributed by atoms with Crippen LogP contribution in [0.15, 0.2) is 78.1 Å². The highest BCUT2D eigenvalue weighted by molar-refractivity contribution is 8.00. The first-order chi connectivity index (χ1) is 13.6. The van der Waals surface area contributed by atoms with E-state index in [9.17, 15) is 4.79 Å². The van der Waals surface area contributed by atoms with Crippen LogP contribution in [0.1, 0.15) is 16.4 Å². The summed E-state index contributed by atoms with van der Waals surface area (Å²) < 4.78 is 1.87. The summed E-state index contributed by atoms with van der Waals surface area (Å²) in [5.74, 6) is -0.149. The molecule has 1 N–H and O–H groups in total. The number of anilines is 1. The summed E-state index contributed by atoms with van der Waals surface area (Å²) in [5, 5.41) is 12.2. The molecule has 1 amide bonds. The van der Waals surface area contributed by atoms with Crippen molar-refractivity contribution in [2.45, 2.75) is 17.3 Å². The average Bonchev–Trinajstić information content (AvgIpc) is 3.12. The van der Waals surface area contributed by atoms with E-state index in [2.05, 4.69) is 15.5 Å². The van der Waals surface area contributed by atoms with Gasteiger partial charge in [0.25, 0.3) is 0 Å². The number of pyridine rings is 1. The number of nitrogens with one attached hydrogen (secondary N) is 1. The third-order valence-electron chi connectivity index (χ3n) is 4.29. The summed E-state index contributed by atoms with van der Waals surface area (Å²) in [6, 6.07) is 20.8. The highest BCUT2D eigenvalue weighted by Crippen LogP contribution is 2.35. The standard InChI is InChI=1S/C21H17ClN4OS/c1-14-10-11-16(13-17(14)22)23-20(27)19(15-7-3-2-4-8-15)28-21-25-24-18-9-5-6-12-26(18)21/h2-13,19H,1H3,(H,23,27)/t19-/m0/s1. The van der Waals surface area contributed by atoms with Crippen LogP contribution in [-0.4, -0.2) is 20.5 Å². The first-order valence-electron chi connectivity index (χ1n) is 8.70. The molecule has 2 heterocycles. The zero-order valence-electron chi connectivity index (χ0n) is 15.0. The van der Waals surface area contributed by atoms with Crippen LogP contribution in [0, 0.1) is 6.92 Å². The maximum atomic E-state index is 13.1. The van der Waals surface area contributed by atoms with E-state index in [0.29, 0.717) is 15.9 Å². The minimum atomic E-state index is -0.492. The van der Waals surface area contributed by atoms with Crippen LogP contribution in [0.25, 0.3) is 5.65 Å². The number of carbonyl (C=O) groups excluding carboxylic acids is 1. The van der Waals surface area contributed by atoms with Crippen LogP contribution >= 0.6 is 23.4 Å². The molecule has 4 rings (SSSR count). The molecule has 0 radical (unpaired) electrons. The number of thioether (sulfide) groups is 1. The molecule has 4 aromatic rings. The van der Waals surface area contributed by atoms with E-state index in [1.54, 1.807) is 6.07 Å². The van der Waals surface area contributed by atoms with Gasteiger partial charge in [0.2, 0.25) is 5.91 Å². The Morgan fingerprint density at radius 3 is 2.64 bits per heavy atom. The molecular formula is C21H17ClN4OS. The van der Waals surface area contributed by atoms with Gasteiger partial charge in [-0.25, -0.2) is 0 Å². The van der Waals surface area contributed by atoms with E-state index < -0.39 is 5.25 Å². The molecule has 0 saturated heterocycles. The number of nitrogens with zero attached hydrogens (tertiary/aromatic N) is 3.